The van der Waals surface area contributed by atoms with E-state index in [9.17, 15) is 9.90 Å². The van der Waals surface area contributed by atoms with Gasteiger partial charge in [-0.2, -0.15) is 5.10 Å². The first kappa shape index (κ1) is 19.1. The molecule has 0 heterocycles. The summed E-state index contributed by atoms with van der Waals surface area (Å²) in [6.07, 6.45) is 1.46. The maximum absolute atomic E-state index is 11.8. The van der Waals surface area contributed by atoms with E-state index in [4.69, 9.17) is 14.2 Å². The number of phenolic OH excluding ortho intramolecular Hbond substituents is 1. The van der Waals surface area contributed by atoms with Gasteiger partial charge in [-0.25, -0.2) is 5.43 Å². The molecule has 2 aromatic rings. The summed E-state index contributed by atoms with van der Waals surface area (Å²) in [5, 5.41) is 13.5. The maximum atomic E-state index is 11.8. The van der Waals surface area contributed by atoms with Gasteiger partial charge in [0.15, 0.2) is 18.1 Å². The first-order chi connectivity index (χ1) is 12.6. The Balaban J connectivity index is 1.81. The summed E-state index contributed by atoms with van der Waals surface area (Å²) in [5.41, 5.74) is 3.06. The molecule has 0 aliphatic heterocycles. The van der Waals surface area contributed by atoms with E-state index in [0.29, 0.717) is 30.3 Å². The molecule has 2 aromatic carbocycles. The van der Waals surface area contributed by atoms with Crippen LogP contribution in [0.2, 0.25) is 0 Å². The number of benzene rings is 2. The van der Waals surface area contributed by atoms with Crippen LogP contribution >= 0.6 is 0 Å². The van der Waals surface area contributed by atoms with E-state index in [2.05, 4.69) is 10.5 Å². The Morgan fingerprint density at radius 3 is 2.35 bits per heavy atom. The van der Waals surface area contributed by atoms with Crippen LogP contribution in [-0.2, 0) is 4.79 Å². The molecule has 26 heavy (non-hydrogen) atoms. The molecular weight excluding hydrogens is 336 g/mol. The molecular formula is C19H22N2O5. The normalized spacial score (nSPS) is 10.5. The molecule has 0 saturated heterocycles. The number of hydrogen-bond acceptors (Lipinski definition) is 6. The van der Waals surface area contributed by atoms with Crippen LogP contribution < -0.4 is 19.6 Å². The van der Waals surface area contributed by atoms with Crippen molar-refractivity contribution in [1.29, 1.82) is 0 Å². The first-order valence-corrected chi connectivity index (χ1v) is 8.25. The first-order valence-electron chi connectivity index (χ1n) is 8.25. The molecule has 138 valence electrons. The predicted molar refractivity (Wildman–Crippen MR) is 98.1 cm³/mol. The van der Waals surface area contributed by atoms with Crippen LogP contribution in [0.15, 0.2) is 47.6 Å². The van der Waals surface area contributed by atoms with E-state index in [1.807, 2.05) is 13.8 Å². The van der Waals surface area contributed by atoms with Crippen molar-refractivity contribution in [2.45, 2.75) is 13.8 Å². The minimum Gasteiger partial charge on any atom is -0.504 e. The minimum absolute atomic E-state index is 0.0526. The number of hydrazone groups is 1. The monoisotopic (exact) mass is 358 g/mol. The molecule has 0 unspecified atom stereocenters. The number of ether oxygens (including phenoxy) is 3. The number of amides is 1. The lowest BCUT2D eigenvalue weighted by Crippen LogP contribution is -2.24. The van der Waals surface area contributed by atoms with Gasteiger partial charge in [0.1, 0.15) is 11.5 Å². The number of nitrogens with one attached hydrogen (secondary N) is 1. The predicted octanol–water partition coefficient (Wildman–Crippen LogP) is 2.72. The van der Waals surface area contributed by atoms with Crippen molar-refractivity contribution in [3.8, 4) is 23.0 Å². The zero-order valence-electron chi connectivity index (χ0n) is 14.8. The largest absolute Gasteiger partial charge is 0.504 e. The standard InChI is InChI=1S/C19H22N2O5/c1-3-24-15-6-8-16(9-7-15)26-13-19(23)21-20-12-14-5-10-17(22)18(11-14)25-4-2/h5-12,22H,3-4,13H2,1-2H3,(H,21,23)/b20-12-. The molecule has 0 bridgehead atoms. The molecule has 0 radical (unpaired) electrons. The van der Waals surface area contributed by atoms with Crippen LogP contribution in [0.4, 0.5) is 0 Å². The molecule has 0 aromatic heterocycles. The fraction of sp³-hybridized carbons (Fsp3) is 0.263. The second-order valence-electron chi connectivity index (χ2n) is 5.15. The van der Waals surface area contributed by atoms with Gasteiger partial charge in [0.05, 0.1) is 19.4 Å². The maximum Gasteiger partial charge on any atom is 0.277 e. The van der Waals surface area contributed by atoms with Crippen molar-refractivity contribution in [2.24, 2.45) is 5.10 Å². The van der Waals surface area contributed by atoms with Crippen molar-refractivity contribution in [2.75, 3.05) is 19.8 Å². The van der Waals surface area contributed by atoms with E-state index in [1.165, 1.54) is 12.3 Å². The highest BCUT2D eigenvalue weighted by molar-refractivity contribution is 5.83. The molecule has 0 saturated carbocycles. The third kappa shape index (κ3) is 6.01. The number of phenols is 1. The molecule has 0 aliphatic carbocycles. The molecule has 0 aliphatic rings. The van der Waals surface area contributed by atoms with E-state index in [0.717, 1.165) is 5.75 Å². The molecule has 0 atom stereocenters. The molecule has 7 heteroatoms. The highest BCUT2D eigenvalue weighted by Gasteiger charge is 2.04. The quantitative estimate of drug-likeness (QED) is 0.531. The van der Waals surface area contributed by atoms with Crippen LogP contribution in [0.25, 0.3) is 0 Å². The fourth-order valence-corrected chi connectivity index (χ4v) is 2.04. The Bertz CT molecular complexity index is 744. The van der Waals surface area contributed by atoms with Crippen molar-refractivity contribution in [1.82, 2.24) is 5.43 Å². The van der Waals surface area contributed by atoms with Crippen molar-refractivity contribution < 1.29 is 24.1 Å². The summed E-state index contributed by atoms with van der Waals surface area (Å²) in [6, 6.07) is 11.8. The number of carbonyl (C=O) groups is 1. The number of carbonyl (C=O) groups excluding carboxylic acids is 1. The molecule has 0 fully saturated rings. The second-order valence-corrected chi connectivity index (χ2v) is 5.15. The third-order valence-electron chi connectivity index (χ3n) is 3.19. The van der Waals surface area contributed by atoms with E-state index < -0.39 is 0 Å². The Labute approximate surface area is 152 Å². The van der Waals surface area contributed by atoms with Gasteiger partial charge in [0.25, 0.3) is 5.91 Å². The van der Waals surface area contributed by atoms with E-state index >= 15 is 0 Å². The molecule has 2 N–H and O–H groups in total. The van der Waals surface area contributed by atoms with Crippen molar-refractivity contribution in [3.05, 3.63) is 48.0 Å². The zero-order chi connectivity index (χ0) is 18.8. The summed E-state index contributed by atoms with van der Waals surface area (Å²) < 4.78 is 16.0. The van der Waals surface area contributed by atoms with Crippen molar-refractivity contribution in [3.63, 3.8) is 0 Å². The SMILES string of the molecule is CCOc1ccc(OCC(=O)N/N=C\c2ccc(O)c(OCC)c2)cc1. The van der Waals surface area contributed by atoms with Gasteiger partial charge in [0.2, 0.25) is 0 Å². The molecule has 7 nitrogen and oxygen atoms in total. The van der Waals surface area contributed by atoms with Crippen LogP contribution in [0, 0.1) is 0 Å². The van der Waals surface area contributed by atoms with E-state index in [-0.39, 0.29) is 18.3 Å². The highest BCUT2D eigenvalue weighted by atomic mass is 16.5. The lowest BCUT2D eigenvalue weighted by atomic mass is 10.2. The Hall–Kier alpha value is -3.22. The number of aromatic hydroxyl groups is 1. The number of hydrogen-bond donors (Lipinski definition) is 2. The van der Waals surface area contributed by atoms with Gasteiger partial charge in [-0.15, -0.1) is 0 Å². The van der Waals surface area contributed by atoms with Crippen molar-refractivity contribution >= 4 is 12.1 Å². The van der Waals surface area contributed by atoms with Crippen LogP contribution in [0.3, 0.4) is 0 Å². The Morgan fingerprint density at radius 2 is 1.69 bits per heavy atom. The van der Waals surface area contributed by atoms with Gasteiger partial charge in [-0.3, -0.25) is 4.79 Å². The highest BCUT2D eigenvalue weighted by Crippen LogP contribution is 2.26. The van der Waals surface area contributed by atoms with Gasteiger partial charge in [-0.05, 0) is 61.9 Å². The smallest absolute Gasteiger partial charge is 0.277 e. The lowest BCUT2D eigenvalue weighted by Gasteiger charge is -2.07. The summed E-state index contributed by atoms with van der Waals surface area (Å²) in [7, 11) is 0. The molecule has 1 amide bonds. The van der Waals surface area contributed by atoms with Gasteiger partial charge in [-0.1, -0.05) is 0 Å². The van der Waals surface area contributed by atoms with E-state index in [1.54, 1.807) is 36.4 Å². The van der Waals surface area contributed by atoms with Gasteiger partial charge in [0, 0.05) is 0 Å². The lowest BCUT2D eigenvalue weighted by molar-refractivity contribution is -0.123. The Kier molecular flexibility index (Phi) is 7.30. The Morgan fingerprint density at radius 1 is 1.04 bits per heavy atom. The number of nitrogens with zero attached hydrogens (tertiary/aromatic N) is 1. The van der Waals surface area contributed by atoms with Gasteiger partial charge >= 0.3 is 0 Å². The molecule has 2 rings (SSSR count). The van der Waals surface area contributed by atoms with Crippen LogP contribution in [0.5, 0.6) is 23.0 Å². The average Bonchev–Trinajstić information content (AvgIpc) is 2.64. The third-order valence-corrected chi connectivity index (χ3v) is 3.19. The summed E-state index contributed by atoms with van der Waals surface area (Å²) >= 11 is 0. The second kappa shape index (κ2) is 9.93. The summed E-state index contributed by atoms with van der Waals surface area (Å²) in [6.45, 7) is 4.60. The van der Waals surface area contributed by atoms with Crippen LogP contribution in [-0.4, -0.2) is 37.0 Å². The zero-order valence-corrected chi connectivity index (χ0v) is 14.8. The summed E-state index contributed by atoms with van der Waals surface area (Å²) in [5.74, 6) is 1.33. The van der Waals surface area contributed by atoms with Gasteiger partial charge < -0.3 is 19.3 Å². The minimum atomic E-state index is -0.390. The topological polar surface area (TPSA) is 89.4 Å². The average molecular weight is 358 g/mol. The molecule has 0 spiro atoms. The fourth-order valence-electron chi connectivity index (χ4n) is 2.04. The number of rotatable bonds is 9. The summed E-state index contributed by atoms with van der Waals surface area (Å²) in [4.78, 5) is 11.8. The van der Waals surface area contributed by atoms with Crippen LogP contribution in [0.1, 0.15) is 19.4 Å².